The second kappa shape index (κ2) is 69.3. The van der Waals surface area contributed by atoms with Crippen molar-refractivity contribution < 1.29 is 24.5 Å². The van der Waals surface area contributed by atoms with Gasteiger partial charge in [-0.3, -0.25) is 9.59 Å². The summed E-state index contributed by atoms with van der Waals surface area (Å²) < 4.78 is 5.48. The summed E-state index contributed by atoms with van der Waals surface area (Å²) in [6, 6.07) is -0.632. The second-order valence-corrected chi connectivity index (χ2v) is 24.6. The molecule has 1 amide bonds. The molecule has 2 atom stereocenters. The Morgan fingerprint density at radius 1 is 0.350 bits per heavy atom. The van der Waals surface area contributed by atoms with Crippen molar-refractivity contribution in [2.24, 2.45) is 0 Å². The molecule has 6 heteroatoms. The van der Waals surface area contributed by atoms with E-state index >= 15 is 0 Å². The molecule has 0 saturated carbocycles. The monoisotopic (exact) mass is 1120 g/mol. The number of aliphatic hydroxyl groups is 2. The lowest BCUT2D eigenvalue weighted by Crippen LogP contribution is -2.45. The largest absolute Gasteiger partial charge is 0.466 e. The highest BCUT2D eigenvalue weighted by atomic mass is 16.5. The highest BCUT2D eigenvalue weighted by Gasteiger charge is 2.18. The summed E-state index contributed by atoms with van der Waals surface area (Å²) in [7, 11) is 0. The van der Waals surface area contributed by atoms with Gasteiger partial charge < -0.3 is 20.3 Å². The lowest BCUT2D eigenvalue weighted by molar-refractivity contribution is -0.143. The predicted molar refractivity (Wildman–Crippen MR) is 352 cm³/mol. The van der Waals surface area contributed by atoms with Gasteiger partial charge in [0.2, 0.25) is 5.91 Å². The van der Waals surface area contributed by atoms with Crippen LogP contribution in [0.3, 0.4) is 0 Å². The number of hydrogen-bond donors (Lipinski definition) is 3. The quantitative estimate of drug-likeness (QED) is 0.0320. The Morgan fingerprint density at radius 3 is 0.963 bits per heavy atom. The normalized spacial score (nSPS) is 12.8. The molecule has 0 saturated heterocycles. The van der Waals surface area contributed by atoms with Crippen molar-refractivity contribution in [2.45, 2.75) is 398 Å². The van der Waals surface area contributed by atoms with Gasteiger partial charge in [-0.2, -0.15) is 0 Å². The third-order valence-electron chi connectivity index (χ3n) is 16.6. The third kappa shape index (κ3) is 65.0. The summed E-state index contributed by atoms with van der Waals surface area (Å²) in [5.74, 6) is -0.0655. The zero-order valence-electron chi connectivity index (χ0n) is 53.8. The smallest absolute Gasteiger partial charge is 0.305 e. The minimum absolute atomic E-state index is 0.00254. The van der Waals surface area contributed by atoms with E-state index in [1.54, 1.807) is 6.08 Å². The van der Waals surface area contributed by atoms with Crippen LogP contribution in [0.5, 0.6) is 0 Å². The summed E-state index contributed by atoms with van der Waals surface area (Å²) in [6.07, 6.45) is 90.5. The number of carbonyl (C=O) groups is 2. The molecular weight excluding hydrogens is 983 g/mol. The molecule has 0 aromatic rings. The number of amides is 1. The summed E-state index contributed by atoms with van der Waals surface area (Å²) in [6.45, 7) is 4.92. The van der Waals surface area contributed by atoms with Gasteiger partial charge in [-0.25, -0.2) is 0 Å². The number of rotatable bonds is 67. The molecule has 6 nitrogen and oxygen atoms in total. The van der Waals surface area contributed by atoms with Crippen molar-refractivity contribution in [3.05, 3.63) is 48.6 Å². The number of ether oxygens (including phenoxy) is 1. The first-order valence-corrected chi connectivity index (χ1v) is 35.9. The molecule has 0 rings (SSSR count). The number of unbranched alkanes of at least 4 members (excludes halogenated alkanes) is 50. The van der Waals surface area contributed by atoms with Crippen LogP contribution in [-0.4, -0.2) is 47.4 Å². The summed E-state index contributed by atoms with van der Waals surface area (Å²) in [5.41, 5.74) is 0. The minimum Gasteiger partial charge on any atom is -0.466 e. The van der Waals surface area contributed by atoms with Gasteiger partial charge in [-0.05, 0) is 89.9 Å². The Hall–Kier alpha value is -2.18. The molecule has 0 aromatic heterocycles. The number of carbonyl (C=O) groups excluding carboxylic acids is 2. The van der Waals surface area contributed by atoms with Crippen LogP contribution in [0.15, 0.2) is 48.6 Å². The average Bonchev–Trinajstić information content (AvgIpc) is 3.46. The average molecular weight is 1120 g/mol. The molecule has 0 aliphatic heterocycles. The molecule has 0 heterocycles. The van der Waals surface area contributed by atoms with Crippen molar-refractivity contribution in [3.8, 4) is 0 Å². The fourth-order valence-corrected chi connectivity index (χ4v) is 11.1. The van der Waals surface area contributed by atoms with Gasteiger partial charge in [0.1, 0.15) is 0 Å². The Balaban J connectivity index is 3.45. The van der Waals surface area contributed by atoms with Crippen molar-refractivity contribution in [1.29, 1.82) is 0 Å². The standard InChI is InChI=1S/C74H139NO5/c1-3-5-7-9-11-13-15-17-19-20-21-29-32-35-39-42-46-50-54-58-62-66-72(77)71(70-76)75-73(78)67-63-59-55-51-47-43-40-36-33-30-27-25-23-22-24-26-28-31-34-37-41-45-49-53-57-61-65-69-80-74(79)68-64-60-56-52-48-44-38-18-16-14-12-10-8-6-4-2/h18,22-23,26,28,38,62,66,71-72,76-77H,3-17,19-21,24-25,27,29-37,39-61,63-65,67-70H2,1-2H3,(H,75,78)/b23-22-,28-26-,38-18-,66-62+. The van der Waals surface area contributed by atoms with Crippen LogP contribution < -0.4 is 5.32 Å². The number of allylic oxidation sites excluding steroid dienone is 7. The van der Waals surface area contributed by atoms with E-state index in [2.05, 4.69) is 55.6 Å². The van der Waals surface area contributed by atoms with Gasteiger partial charge in [-0.15, -0.1) is 0 Å². The highest BCUT2D eigenvalue weighted by Crippen LogP contribution is 2.18. The number of aliphatic hydroxyl groups excluding tert-OH is 2. The fraction of sp³-hybridized carbons (Fsp3) is 0.865. The Kier molecular flexibility index (Phi) is 67.4. The third-order valence-corrected chi connectivity index (χ3v) is 16.6. The SMILES string of the molecule is CCCCCCCC/C=C\CCCCCCCC(=O)OCCCCCCCCCCC/C=C\C/C=C\CCCCCCCCCCCCCC(=O)NC(CO)C(O)/C=C/CCCCCCCCCCCCCCCCCCCCC. The molecule has 0 aromatic carbocycles. The van der Waals surface area contributed by atoms with Crippen LogP contribution in [0, 0.1) is 0 Å². The first-order valence-electron chi connectivity index (χ1n) is 35.9. The van der Waals surface area contributed by atoms with Gasteiger partial charge in [0, 0.05) is 12.8 Å². The number of nitrogens with one attached hydrogen (secondary N) is 1. The van der Waals surface area contributed by atoms with Crippen LogP contribution in [0.1, 0.15) is 386 Å². The minimum atomic E-state index is -0.849. The highest BCUT2D eigenvalue weighted by molar-refractivity contribution is 5.76. The Labute approximate surface area is 499 Å². The number of hydrogen-bond acceptors (Lipinski definition) is 5. The molecule has 470 valence electrons. The molecule has 0 aliphatic carbocycles. The maximum atomic E-state index is 12.5. The Bertz CT molecular complexity index is 1340. The molecule has 80 heavy (non-hydrogen) atoms. The first kappa shape index (κ1) is 77.8. The van der Waals surface area contributed by atoms with Crippen LogP contribution in [0.2, 0.25) is 0 Å². The zero-order chi connectivity index (χ0) is 57.8. The van der Waals surface area contributed by atoms with Crippen LogP contribution >= 0.6 is 0 Å². The van der Waals surface area contributed by atoms with Crippen LogP contribution in [-0.2, 0) is 14.3 Å². The topological polar surface area (TPSA) is 95.9 Å². The first-order chi connectivity index (χ1) is 39.5. The molecule has 2 unspecified atom stereocenters. The van der Waals surface area contributed by atoms with E-state index in [4.69, 9.17) is 4.74 Å². The van der Waals surface area contributed by atoms with Gasteiger partial charge in [0.15, 0.2) is 0 Å². The van der Waals surface area contributed by atoms with Crippen molar-refractivity contribution in [1.82, 2.24) is 5.32 Å². The Morgan fingerprint density at radius 2 is 0.625 bits per heavy atom. The number of esters is 1. The van der Waals surface area contributed by atoms with Crippen LogP contribution in [0.4, 0.5) is 0 Å². The molecule has 0 fully saturated rings. The molecule has 0 spiro atoms. The predicted octanol–water partition coefficient (Wildman–Crippen LogP) is 23.3. The van der Waals surface area contributed by atoms with Crippen molar-refractivity contribution >= 4 is 11.9 Å². The van der Waals surface area contributed by atoms with E-state index in [0.717, 1.165) is 51.4 Å². The van der Waals surface area contributed by atoms with Crippen molar-refractivity contribution in [3.63, 3.8) is 0 Å². The molecule has 0 aliphatic rings. The second-order valence-electron chi connectivity index (χ2n) is 24.6. The van der Waals surface area contributed by atoms with E-state index in [9.17, 15) is 19.8 Å². The van der Waals surface area contributed by atoms with E-state index in [1.165, 1.54) is 308 Å². The molecule has 0 bridgehead atoms. The summed E-state index contributed by atoms with van der Waals surface area (Å²) in [5, 5.41) is 23.2. The van der Waals surface area contributed by atoms with E-state index in [1.807, 2.05) is 6.08 Å². The van der Waals surface area contributed by atoms with Gasteiger partial charge in [-0.1, -0.05) is 332 Å². The van der Waals surface area contributed by atoms with Crippen molar-refractivity contribution in [2.75, 3.05) is 13.2 Å². The maximum Gasteiger partial charge on any atom is 0.305 e. The van der Waals surface area contributed by atoms with Crippen LogP contribution in [0.25, 0.3) is 0 Å². The summed E-state index contributed by atoms with van der Waals surface area (Å²) in [4.78, 5) is 24.6. The fourth-order valence-electron chi connectivity index (χ4n) is 11.1. The van der Waals surface area contributed by atoms with Gasteiger partial charge in [0.25, 0.3) is 0 Å². The van der Waals surface area contributed by atoms with E-state index in [-0.39, 0.29) is 18.5 Å². The maximum absolute atomic E-state index is 12.5. The summed E-state index contributed by atoms with van der Waals surface area (Å²) >= 11 is 0. The van der Waals surface area contributed by atoms with Gasteiger partial charge in [0.05, 0.1) is 25.4 Å². The zero-order valence-corrected chi connectivity index (χ0v) is 53.8. The molecule has 0 radical (unpaired) electrons. The van der Waals surface area contributed by atoms with E-state index in [0.29, 0.717) is 19.4 Å². The molecule has 3 N–H and O–H groups in total. The lowest BCUT2D eigenvalue weighted by atomic mass is 10.0. The molecular formula is C74H139NO5. The van der Waals surface area contributed by atoms with E-state index < -0.39 is 12.1 Å². The van der Waals surface area contributed by atoms with Gasteiger partial charge >= 0.3 is 5.97 Å². The lowest BCUT2D eigenvalue weighted by Gasteiger charge is -2.20.